The van der Waals surface area contributed by atoms with Crippen LogP contribution in [0.2, 0.25) is 0 Å². The van der Waals surface area contributed by atoms with Gasteiger partial charge in [0, 0.05) is 0 Å². The summed E-state index contributed by atoms with van der Waals surface area (Å²) in [5.74, 6) is 0. The van der Waals surface area contributed by atoms with Crippen LogP contribution in [0.3, 0.4) is 0 Å². The normalized spacial score (nSPS) is 18.0. The van der Waals surface area contributed by atoms with E-state index in [0.717, 1.165) is 25.7 Å². The summed E-state index contributed by atoms with van der Waals surface area (Å²) < 4.78 is 0. The van der Waals surface area contributed by atoms with Crippen molar-refractivity contribution in [2.24, 2.45) is 0 Å². The summed E-state index contributed by atoms with van der Waals surface area (Å²) in [5.41, 5.74) is 12.8. The summed E-state index contributed by atoms with van der Waals surface area (Å²) in [7, 11) is 0. The van der Waals surface area contributed by atoms with Gasteiger partial charge in [-0.15, -0.1) is 0 Å². The fourth-order valence-electron chi connectivity index (χ4n) is 5.27. The van der Waals surface area contributed by atoms with Crippen molar-refractivity contribution in [3.05, 3.63) is 130 Å². The van der Waals surface area contributed by atoms with Crippen molar-refractivity contribution in [3.8, 4) is 11.1 Å². The van der Waals surface area contributed by atoms with Crippen LogP contribution in [0.4, 0.5) is 0 Å². The minimum absolute atomic E-state index is 0.151. The molecule has 0 nitrogen and oxygen atoms in total. The Kier molecular flexibility index (Phi) is 5.94. The van der Waals surface area contributed by atoms with Gasteiger partial charge in [-0.1, -0.05) is 110 Å². The van der Waals surface area contributed by atoms with Gasteiger partial charge < -0.3 is 0 Å². The third kappa shape index (κ3) is 4.81. The van der Waals surface area contributed by atoms with Crippen molar-refractivity contribution in [1.29, 1.82) is 0 Å². The van der Waals surface area contributed by atoms with E-state index >= 15 is 0 Å². The first kappa shape index (κ1) is 21.7. The number of hydrogen-bond donors (Lipinski definition) is 0. The van der Waals surface area contributed by atoms with Gasteiger partial charge in [0.2, 0.25) is 0 Å². The lowest BCUT2D eigenvalue weighted by Crippen LogP contribution is -2.18. The van der Waals surface area contributed by atoms with Crippen molar-refractivity contribution >= 4 is 0 Å². The maximum Gasteiger partial charge on any atom is -0.00201 e. The highest BCUT2D eigenvalue weighted by atomic mass is 14.3. The molecule has 0 heteroatoms. The second-order valence-electron chi connectivity index (χ2n) is 10.4. The molecule has 0 saturated heterocycles. The molecule has 0 N–H and O–H groups in total. The van der Waals surface area contributed by atoms with Gasteiger partial charge in [0.25, 0.3) is 0 Å². The molecule has 0 saturated carbocycles. The second-order valence-corrected chi connectivity index (χ2v) is 10.4. The highest BCUT2D eigenvalue weighted by Gasteiger charge is 2.24. The number of fused-ring (bicyclic) bond motifs is 1. The number of benzene rings is 3. The van der Waals surface area contributed by atoms with Gasteiger partial charge in [-0.3, -0.25) is 0 Å². The van der Waals surface area contributed by atoms with Gasteiger partial charge in [-0.2, -0.15) is 0 Å². The van der Waals surface area contributed by atoms with Crippen LogP contribution in [-0.4, -0.2) is 0 Å². The van der Waals surface area contributed by atoms with Crippen LogP contribution >= 0.6 is 0 Å². The molecule has 3 aromatic rings. The van der Waals surface area contributed by atoms with Crippen molar-refractivity contribution in [2.75, 3.05) is 0 Å². The fourth-order valence-corrected chi connectivity index (χ4v) is 5.27. The maximum atomic E-state index is 2.48. The lowest BCUT2D eigenvalue weighted by molar-refractivity contribution is 0.529. The number of aryl methyl sites for hydroxylation is 1. The van der Waals surface area contributed by atoms with E-state index in [1.807, 2.05) is 0 Å². The summed E-state index contributed by atoms with van der Waals surface area (Å²) >= 11 is 0. The molecule has 166 valence electrons. The van der Waals surface area contributed by atoms with Crippen LogP contribution in [0.1, 0.15) is 60.9 Å². The first-order chi connectivity index (χ1) is 16.0. The quantitative estimate of drug-likeness (QED) is 0.390. The molecular formula is C33H34. The molecule has 0 spiro atoms. The largest absolute Gasteiger partial charge is 0.0839 e. The van der Waals surface area contributed by atoms with E-state index in [0.29, 0.717) is 0 Å². The summed E-state index contributed by atoms with van der Waals surface area (Å²) in [6.07, 6.45) is 14.9. The zero-order chi connectivity index (χ0) is 22.8. The Balaban J connectivity index is 1.42. The molecule has 2 aliphatic rings. The van der Waals surface area contributed by atoms with E-state index in [4.69, 9.17) is 0 Å². The Morgan fingerprint density at radius 3 is 2.15 bits per heavy atom. The minimum Gasteiger partial charge on any atom is -0.0839 e. The highest BCUT2D eigenvalue weighted by molar-refractivity contribution is 5.64. The van der Waals surface area contributed by atoms with Crippen LogP contribution in [0.15, 0.2) is 102 Å². The second kappa shape index (κ2) is 9.02. The van der Waals surface area contributed by atoms with Crippen LogP contribution < -0.4 is 0 Å². The molecule has 0 heterocycles. The first-order valence-corrected chi connectivity index (χ1v) is 12.3. The minimum atomic E-state index is 0.151. The van der Waals surface area contributed by atoms with Crippen LogP contribution in [0, 0.1) is 6.92 Å². The first-order valence-electron chi connectivity index (χ1n) is 12.3. The van der Waals surface area contributed by atoms with Crippen molar-refractivity contribution < 1.29 is 0 Å². The van der Waals surface area contributed by atoms with Gasteiger partial charge >= 0.3 is 0 Å². The molecule has 33 heavy (non-hydrogen) atoms. The molecule has 0 amide bonds. The zero-order valence-corrected chi connectivity index (χ0v) is 20.2. The number of hydrogen-bond acceptors (Lipinski definition) is 0. The smallest absolute Gasteiger partial charge is 0.00201 e. The average molecular weight is 431 g/mol. The Labute approximate surface area is 199 Å². The van der Waals surface area contributed by atoms with Crippen LogP contribution in [0.25, 0.3) is 11.1 Å². The van der Waals surface area contributed by atoms with E-state index in [2.05, 4.69) is 112 Å². The van der Waals surface area contributed by atoms with E-state index < -0.39 is 0 Å². The number of rotatable bonds is 3. The molecule has 0 radical (unpaired) electrons. The summed E-state index contributed by atoms with van der Waals surface area (Å²) in [6.45, 7) is 6.91. The SMILES string of the molecule is Cc1ccc(-c2ccc(Cc3ccc4c(c3)CC3=C(/C=C\CC4(C)C)CCC=C3)cc2)cc1. The van der Waals surface area contributed by atoms with Gasteiger partial charge in [0.05, 0.1) is 0 Å². The van der Waals surface area contributed by atoms with Crippen molar-refractivity contribution in [1.82, 2.24) is 0 Å². The van der Waals surface area contributed by atoms with Gasteiger partial charge in [-0.25, -0.2) is 0 Å². The van der Waals surface area contributed by atoms with Gasteiger partial charge in [0.15, 0.2) is 0 Å². The third-order valence-electron chi connectivity index (χ3n) is 7.29. The zero-order valence-electron chi connectivity index (χ0n) is 20.2. The fraction of sp³-hybridized carbons (Fsp3) is 0.273. The lowest BCUT2D eigenvalue weighted by Gasteiger charge is -2.27. The van der Waals surface area contributed by atoms with Crippen molar-refractivity contribution in [3.63, 3.8) is 0 Å². The Hall–Kier alpha value is -3.12. The molecule has 0 bridgehead atoms. The Bertz CT molecular complexity index is 1230. The topological polar surface area (TPSA) is 0 Å². The molecule has 0 fully saturated rings. The van der Waals surface area contributed by atoms with E-state index in [1.54, 1.807) is 0 Å². The van der Waals surface area contributed by atoms with Gasteiger partial charge in [-0.05, 0) is 89.0 Å². The maximum absolute atomic E-state index is 2.48. The molecular weight excluding hydrogens is 396 g/mol. The molecule has 0 aromatic heterocycles. The van der Waals surface area contributed by atoms with Crippen molar-refractivity contribution in [2.45, 2.75) is 58.3 Å². The summed E-state index contributed by atoms with van der Waals surface area (Å²) in [6, 6.07) is 25.1. The van der Waals surface area contributed by atoms with Gasteiger partial charge in [0.1, 0.15) is 0 Å². The van der Waals surface area contributed by atoms with E-state index in [1.165, 1.54) is 56.5 Å². The predicted molar refractivity (Wildman–Crippen MR) is 142 cm³/mol. The Morgan fingerprint density at radius 1 is 0.727 bits per heavy atom. The standard InChI is InChI=1S/C33H34/c1-24-10-15-28(16-11-24)29-17-12-25(13-18-29)21-26-14-19-32-31(22-26)23-30-8-5-4-7-27(30)9-6-20-33(32,2)3/h5-6,8-19,22H,4,7,20-21,23H2,1-3H3/b9-6-. The summed E-state index contributed by atoms with van der Waals surface area (Å²) in [4.78, 5) is 0. The molecule has 2 aliphatic carbocycles. The number of allylic oxidation sites excluding steroid dienone is 6. The van der Waals surface area contributed by atoms with E-state index in [9.17, 15) is 0 Å². The summed E-state index contributed by atoms with van der Waals surface area (Å²) in [5, 5.41) is 0. The molecule has 0 aliphatic heterocycles. The van der Waals surface area contributed by atoms with Crippen LogP contribution in [-0.2, 0) is 18.3 Å². The van der Waals surface area contributed by atoms with E-state index in [-0.39, 0.29) is 5.41 Å². The Morgan fingerprint density at radius 2 is 1.39 bits per heavy atom. The monoisotopic (exact) mass is 430 g/mol. The molecule has 3 aromatic carbocycles. The molecule has 0 atom stereocenters. The van der Waals surface area contributed by atoms with Crippen LogP contribution in [0.5, 0.6) is 0 Å². The lowest BCUT2D eigenvalue weighted by atomic mass is 9.77. The average Bonchev–Trinajstić information content (AvgIpc) is 2.86. The third-order valence-corrected chi connectivity index (χ3v) is 7.29. The molecule has 5 rings (SSSR count). The molecule has 0 unspecified atom stereocenters. The predicted octanol–water partition coefficient (Wildman–Crippen LogP) is 8.68. The highest BCUT2D eigenvalue weighted by Crippen LogP contribution is 2.36.